The Kier molecular flexibility index (Phi) is 9.53. The SMILES string of the molecule is CCOc1cc(C(CC)[Si](OCC)(OCC)OCC)ccc1OC#N. The van der Waals surface area contributed by atoms with Crippen molar-refractivity contribution in [3.63, 3.8) is 0 Å². The molecule has 7 heteroatoms. The highest BCUT2D eigenvalue weighted by atomic mass is 28.4. The minimum absolute atomic E-state index is 0.0253. The molecule has 1 aromatic rings. The molecule has 0 amide bonds. The van der Waals surface area contributed by atoms with E-state index in [1.54, 1.807) is 12.3 Å². The average Bonchev–Trinajstić information content (AvgIpc) is 2.59. The summed E-state index contributed by atoms with van der Waals surface area (Å²) in [5, 5.41) is 8.80. The highest BCUT2D eigenvalue weighted by molar-refractivity contribution is 6.62. The summed E-state index contributed by atoms with van der Waals surface area (Å²) in [6.07, 6.45) is 2.49. The summed E-state index contributed by atoms with van der Waals surface area (Å²) in [5.41, 5.74) is 0.973. The van der Waals surface area contributed by atoms with Crippen molar-refractivity contribution in [2.45, 2.75) is 46.6 Å². The van der Waals surface area contributed by atoms with Crippen molar-refractivity contribution in [1.29, 1.82) is 5.26 Å². The molecule has 6 nitrogen and oxygen atoms in total. The van der Waals surface area contributed by atoms with Crippen molar-refractivity contribution in [3.05, 3.63) is 23.8 Å². The maximum Gasteiger partial charge on any atom is 0.508 e. The molecule has 0 aliphatic heterocycles. The third kappa shape index (κ3) is 5.44. The van der Waals surface area contributed by atoms with Crippen LogP contribution in [0.1, 0.15) is 52.1 Å². The van der Waals surface area contributed by atoms with Crippen LogP contribution >= 0.6 is 0 Å². The van der Waals surface area contributed by atoms with E-state index in [0.717, 1.165) is 12.0 Å². The zero-order chi connectivity index (χ0) is 18.7. The first-order valence-electron chi connectivity index (χ1n) is 8.86. The van der Waals surface area contributed by atoms with Crippen LogP contribution in [-0.4, -0.2) is 35.2 Å². The lowest BCUT2D eigenvalue weighted by Gasteiger charge is -2.35. The second-order valence-corrected chi connectivity index (χ2v) is 7.97. The van der Waals surface area contributed by atoms with Crippen LogP contribution in [-0.2, 0) is 13.3 Å². The Hall–Kier alpha value is -1.59. The first-order chi connectivity index (χ1) is 12.1. The predicted molar refractivity (Wildman–Crippen MR) is 97.5 cm³/mol. The van der Waals surface area contributed by atoms with Crippen molar-refractivity contribution in [2.75, 3.05) is 26.4 Å². The smallest absolute Gasteiger partial charge is 0.490 e. The van der Waals surface area contributed by atoms with Gasteiger partial charge in [0.05, 0.1) is 12.1 Å². The first-order valence-corrected chi connectivity index (χ1v) is 10.7. The van der Waals surface area contributed by atoms with Crippen LogP contribution in [0.25, 0.3) is 0 Å². The van der Waals surface area contributed by atoms with E-state index >= 15 is 0 Å². The molecule has 1 unspecified atom stereocenters. The van der Waals surface area contributed by atoms with E-state index < -0.39 is 8.80 Å². The number of rotatable bonds is 12. The zero-order valence-corrected chi connectivity index (χ0v) is 16.8. The molecule has 0 aromatic heterocycles. The molecule has 25 heavy (non-hydrogen) atoms. The van der Waals surface area contributed by atoms with E-state index in [1.807, 2.05) is 39.8 Å². The lowest BCUT2D eigenvalue weighted by atomic mass is 10.1. The van der Waals surface area contributed by atoms with Gasteiger partial charge in [-0.25, -0.2) is 0 Å². The Morgan fingerprint density at radius 1 is 0.920 bits per heavy atom. The number of nitriles is 1. The Labute approximate surface area is 152 Å². The fraction of sp³-hybridized carbons (Fsp3) is 0.611. The van der Waals surface area contributed by atoms with Gasteiger partial charge in [-0.2, -0.15) is 0 Å². The Morgan fingerprint density at radius 3 is 1.96 bits per heavy atom. The van der Waals surface area contributed by atoms with E-state index in [4.69, 9.17) is 28.0 Å². The van der Waals surface area contributed by atoms with Crippen LogP contribution in [0, 0.1) is 11.5 Å². The quantitative estimate of drug-likeness (QED) is 0.410. The van der Waals surface area contributed by atoms with Gasteiger partial charge in [-0.05, 0) is 51.8 Å². The normalized spacial score (nSPS) is 12.5. The lowest BCUT2D eigenvalue weighted by molar-refractivity contribution is 0.0611. The molecule has 1 aromatic carbocycles. The van der Waals surface area contributed by atoms with Gasteiger partial charge in [0, 0.05) is 19.8 Å². The second-order valence-electron chi connectivity index (χ2n) is 5.20. The Morgan fingerprint density at radius 2 is 1.52 bits per heavy atom. The summed E-state index contributed by atoms with van der Waals surface area (Å²) < 4.78 is 28.8. The number of hydrogen-bond donors (Lipinski definition) is 0. The fourth-order valence-electron chi connectivity index (χ4n) is 2.86. The van der Waals surface area contributed by atoms with Crippen molar-refractivity contribution in [3.8, 4) is 17.8 Å². The molecule has 0 radical (unpaired) electrons. The third-order valence-electron chi connectivity index (χ3n) is 3.70. The van der Waals surface area contributed by atoms with E-state index in [1.165, 1.54) is 0 Å². The molecule has 0 bridgehead atoms. The van der Waals surface area contributed by atoms with Crippen LogP contribution < -0.4 is 9.47 Å². The van der Waals surface area contributed by atoms with E-state index in [9.17, 15) is 0 Å². The molecule has 1 rings (SSSR count). The number of hydrogen-bond acceptors (Lipinski definition) is 6. The van der Waals surface area contributed by atoms with Crippen LogP contribution in [0.15, 0.2) is 18.2 Å². The number of nitrogens with zero attached hydrogens (tertiary/aromatic N) is 1. The summed E-state index contributed by atoms with van der Waals surface area (Å²) in [6, 6.07) is 5.56. The van der Waals surface area contributed by atoms with Gasteiger partial charge in [-0.3, -0.25) is 0 Å². The van der Waals surface area contributed by atoms with Gasteiger partial charge in [-0.15, -0.1) is 5.26 Å². The highest BCUT2D eigenvalue weighted by Crippen LogP contribution is 2.37. The van der Waals surface area contributed by atoms with Crippen LogP contribution in [0.5, 0.6) is 11.5 Å². The van der Waals surface area contributed by atoms with Gasteiger partial charge < -0.3 is 22.8 Å². The summed E-state index contributed by atoms with van der Waals surface area (Å²) in [7, 11) is -2.91. The zero-order valence-electron chi connectivity index (χ0n) is 15.8. The number of ether oxygens (including phenoxy) is 2. The van der Waals surface area contributed by atoms with Gasteiger partial charge in [0.1, 0.15) is 0 Å². The molecule has 0 spiro atoms. The summed E-state index contributed by atoms with van der Waals surface area (Å²) in [4.78, 5) is 0. The molecular weight excluding hydrogens is 338 g/mol. The molecule has 0 N–H and O–H groups in total. The Bertz CT molecular complexity index is 544. The van der Waals surface area contributed by atoms with Gasteiger partial charge >= 0.3 is 8.80 Å². The standard InChI is InChI=1S/C18H29NO5Si/c1-6-18(25(22-8-3,23-9-4)24-10-5)15-11-12-16(21-14-19)17(13-15)20-7-2/h11-13,18H,6-10H2,1-5H3. The average molecular weight is 368 g/mol. The summed E-state index contributed by atoms with van der Waals surface area (Å²) in [5.74, 6) is 0.937. The summed E-state index contributed by atoms with van der Waals surface area (Å²) >= 11 is 0. The minimum Gasteiger partial charge on any atom is -0.490 e. The molecule has 1 atom stereocenters. The number of benzene rings is 1. The molecular formula is C18H29NO5Si. The Balaban J connectivity index is 3.34. The molecule has 140 valence electrons. The van der Waals surface area contributed by atoms with Crippen molar-refractivity contribution < 1.29 is 22.8 Å². The molecule has 0 aliphatic rings. The van der Waals surface area contributed by atoms with Crippen molar-refractivity contribution in [2.24, 2.45) is 0 Å². The predicted octanol–water partition coefficient (Wildman–Crippen LogP) is 4.03. The maximum absolute atomic E-state index is 8.80. The molecule has 0 aliphatic carbocycles. The molecule has 0 saturated heterocycles. The molecule has 0 fully saturated rings. The lowest BCUT2D eigenvalue weighted by Crippen LogP contribution is -2.51. The molecule has 0 saturated carbocycles. The monoisotopic (exact) mass is 367 g/mol. The van der Waals surface area contributed by atoms with E-state index in [0.29, 0.717) is 37.9 Å². The van der Waals surface area contributed by atoms with Crippen LogP contribution in [0.2, 0.25) is 0 Å². The topological polar surface area (TPSA) is 69.9 Å². The summed E-state index contributed by atoms with van der Waals surface area (Å²) in [6.45, 7) is 11.9. The van der Waals surface area contributed by atoms with E-state index in [-0.39, 0.29) is 5.54 Å². The van der Waals surface area contributed by atoms with Gasteiger partial charge in [0.25, 0.3) is 6.26 Å². The van der Waals surface area contributed by atoms with Crippen molar-refractivity contribution in [1.82, 2.24) is 0 Å². The second kappa shape index (κ2) is 11.1. The van der Waals surface area contributed by atoms with E-state index in [2.05, 4.69) is 6.92 Å². The van der Waals surface area contributed by atoms with Gasteiger partial charge in [-0.1, -0.05) is 13.0 Å². The maximum atomic E-state index is 8.80. The fourth-order valence-corrected chi connectivity index (χ4v) is 6.01. The highest BCUT2D eigenvalue weighted by Gasteiger charge is 2.49. The van der Waals surface area contributed by atoms with Gasteiger partial charge in [0.2, 0.25) is 0 Å². The minimum atomic E-state index is -2.91. The van der Waals surface area contributed by atoms with Gasteiger partial charge in [0.15, 0.2) is 11.5 Å². The first kappa shape index (κ1) is 21.4. The third-order valence-corrected chi connectivity index (χ3v) is 7.37. The molecule has 0 heterocycles. The largest absolute Gasteiger partial charge is 0.508 e. The van der Waals surface area contributed by atoms with Crippen molar-refractivity contribution >= 4 is 8.80 Å². The van der Waals surface area contributed by atoms with Crippen LogP contribution in [0.4, 0.5) is 0 Å². The van der Waals surface area contributed by atoms with Crippen LogP contribution in [0.3, 0.4) is 0 Å².